The van der Waals surface area contributed by atoms with E-state index in [1.807, 2.05) is 0 Å². The van der Waals surface area contributed by atoms with E-state index in [9.17, 15) is 18.0 Å². The molecule has 0 saturated heterocycles. The van der Waals surface area contributed by atoms with Crippen LogP contribution in [0.15, 0.2) is 71.9 Å². The van der Waals surface area contributed by atoms with E-state index >= 15 is 0 Å². The van der Waals surface area contributed by atoms with Crippen molar-refractivity contribution in [1.82, 2.24) is 9.97 Å². The van der Waals surface area contributed by atoms with Crippen molar-refractivity contribution in [3.05, 3.63) is 78.1 Å². The molecule has 0 saturated carbocycles. The highest BCUT2D eigenvalue weighted by Gasteiger charge is 2.32. The van der Waals surface area contributed by atoms with Gasteiger partial charge < -0.3 is 10.1 Å². The molecule has 9 nitrogen and oxygen atoms in total. The molecule has 1 amide bonds. The topological polar surface area (TPSA) is 127 Å². The molecule has 1 unspecified atom stereocenters. The molecule has 10 heteroatoms. The number of aromatic nitrogens is 2. The molecule has 0 radical (unpaired) electrons. The van der Waals surface area contributed by atoms with Crippen molar-refractivity contribution in [3.8, 4) is 0 Å². The number of sulfonamides is 1. The fourth-order valence-electron chi connectivity index (χ4n) is 3.00. The summed E-state index contributed by atoms with van der Waals surface area (Å²) in [6, 6.07) is 14.1. The molecular weight excluding hydrogens is 408 g/mol. The van der Waals surface area contributed by atoms with Crippen LogP contribution in [-0.2, 0) is 19.6 Å². The van der Waals surface area contributed by atoms with E-state index in [1.54, 1.807) is 30.3 Å². The van der Waals surface area contributed by atoms with Gasteiger partial charge in [0, 0.05) is 23.6 Å². The number of hydrogen-bond donors (Lipinski definition) is 2. The number of amides is 1. The maximum absolute atomic E-state index is 12.4. The first-order valence-electron chi connectivity index (χ1n) is 8.92. The van der Waals surface area contributed by atoms with Gasteiger partial charge in [-0.1, -0.05) is 18.2 Å². The van der Waals surface area contributed by atoms with Gasteiger partial charge in [-0.2, -0.15) is 0 Å². The van der Waals surface area contributed by atoms with Crippen molar-refractivity contribution in [2.75, 3.05) is 10.0 Å². The van der Waals surface area contributed by atoms with E-state index < -0.39 is 22.1 Å². The Morgan fingerprint density at radius 1 is 1.00 bits per heavy atom. The second-order valence-corrected chi connectivity index (χ2v) is 8.12. The number of nitrogens with one attached hydrogen (secondary N) is 2. The fraction of sp³-hybridized carbons (Fsp3) is 0.100. The lowest BCUT2D eigenvalue weighted by Gasteiger charge is -2.11. The zero-order chi connectivity index (χ0) is 21.1. The highest BCUT2D eigenvalue weighted by atomic mass is 32.2. The zero-order valence-corrected chi connectivity index (χ0v) is 16.3. The molecule has 1 atom stereocenters. The highest BCUT2D eigenvalue weighted by molar-refractivity contribution is 7.92. The molecule has 0 spiro atoms. The summed E-state index contributed by atoms with van der Waals surface area (Å²) in [5.74, 6) is -0.856. The molecule has 1 aliphatic rings. The minimum atomic E-state index is -3.86. The molecule has 0 bridgehead atoms. The zero-order valence-electron chi connectivity index (χ0n) is 15.5. The van der Waals surface area contributed by atoms with E-state index in [2.05, 4.69) is 20.0 Å². The Labute approximate surface area is 172 Å². The first-order chi connectivity index (χ1) is 14.4. The summed E-state index contributed by atoms with van der Waals surface area (Å²) in [6.07, 6.45) is 2.14. The van der Waals surface area contributed by atoms with Gasteiger partial charge in [0.05, 0.1) is 16.9 Å². The van der Waals surface area contributed by atoms with Gasteiger partial charge in [0.2, 0.25) is 11.9 Å². The summed E-state index contributed by atoms with van der Waals surface area (Å²) >= 11 is 0. The quantitative estimate of drug-likeness (QED) is 0.582. The molecule has 1 aromatic heterocycles. The highest BCUT2D eigenvalue weighted by Crippen LogP contribution is 2.33. The normalized spacial score (nSPS) is 15.2. The number of hydrogen-bond acceptors (Lipinski definition) is 7. The van der Waals surface area contributed by atoms with Crippen LogP contribution < -0.4 is 10.0 Å². The number of carbonyl (C=O) groups excluding carboxylic acids is 2. The third-order valence-corrected chi connectivity index (χ3v) is 5.73. The second-order valence-electron chi connectivity index (χ2n) is 6.44. The molecule has 2 heterocycles. The third-order valence-electron chi connectivity index (χ3n) is 4.39. The summed E-state index contributed by atoms with van der Waals surface area (Å²) in [5.41, 5.74) is 1.54. The van der Waals surface area contributed by atoms with Crippen LogP contribution in [0.1, 0.15) is 28.4 Å². The maximum atomic E-state index is 12.4. The number of ether oxygens (including phenoxy) is 1. The smallest absolute Gasteiger partial charge is 0.339 e. The van der Waals surface area contributed by atoms with Crippen molar-refractivity contribution < 1.29 is 22.7 Å². The summed E-state index contributed by atoms with van der Waals surface area (Å²) in [7, 11) is -3.86. The lowest BCUT2D eigenvalue weighted by atomic mass is 10.0. The SMILES string of the molecule is O=C(CC1OC(=O)c2ccccc21)Nc1ccc(S(=O)(=O)Nc2ncccn2)cc1. The van der Waals surface area contributed by atoms with Gasteiger partial charge in [0.25, 0.3) is 10.0 Å². The van der Waals surface area contributed by atoms with Crippen molar-refractivity contribution in [3.63, 3.8) is 0 Å². The number of fused-ring (bicyclic) bond motifs is 1. The molecule has 4 rings (SSSR count). The molecule has 0 aliphatic carbocycles. The first-order valence-corrected chi connectivity index (χ1v) is 10.4. The lowest BCUT2D eigenvalue weighted by Crippen LogP contribution is -2.17. The van der Waals surface area contributed by atoms with Crippen LogP contribution in [0.25, 0.3) is 0 Å². The molecule has 0 fully saturated rings. The largest absolute Gasteiger partial charge is 0.453 e. The first kappa shape index (κ1) is 19.5. The fourth-order valence-corrected chi connectivity index (χ4v) is 3.96. The number of rotatable bonds is 6. The van der Waals surface area contributed by atoms with Crippen molar-refractivity contribution in [2.24, 2.45) is 0 Å². The van der Waals surface area contributed by atoms with Gasteiger partial charge >= 0.3 is 5.97 Å². The van der Waals surface area contributed by atoms with E-state index in [0.717, 1.165) is 0 Å². The summed E-state index contributed by atoms with van der Waals surface area (Å²) < 4.78 is 32.3. The number of esters is 1. The molecule has 1 aliphatic heterocycles. The summed E-state index contributed by atoms with van der Waals surface area (Å²) in [5, 5.41) is 2.67. The number of anilines is 2. The van der Waals surface area contributed by atoms with Crippen molar-refractivity contribution >= 4 is 33.5 Å². The van der Waals surface area contributed by atoms with Crippen LogP contribution >= 0.6 is 0 Å². The van der Waals surface area contributed by atoms with Crippen LogP contribution in [-0.4, -0.2) is 30.3 Å². The Morgan fingerprint density at radius 3 is 2.43 bits per heavy atom. The van der Waals surface area contributed by atoms with E-state index in [-0.39, 0.29) is 23.2 Å². The van der Waals surface area contributed by atoms with Gasteiger partial charge in [-0.25, -0.2) is 27.9 Å². The van der Waals surface area contributed by atoms with Crippen LogP contribution in [0.4, 0.5) is 11.6 Å². The van der Waals surface area contributed by atoms with Gasteiger partial charge in [0.1, 0.15) is 6.10 Å². The molecule has 2 N–H and O–H groups in total. The predicted molar refractivity (Wildman–Crippen MR) is 107 cm³/mol. The molecule has 3 aromatic rings. The average Bonchev–Trinajstić information content (AvgIpc) is 3.04. The molecular formula is C20H16N4O5S. The standard InChI is InChI=1S/C20H16N4O5S/c25-18(12-17-15-4-1-2-5-16(15)19(26)29-17)23-13-6-8-14(9-7-13)30(27,28)24-20-21-10-3-11-22-20/h1-11,17H,12H2,(H,23,25)(H,21,22,24). The van der Waals surface area contributed by atoms with Gasteiger partial charge in [0.15, 0.2) is 0 Å². The minimum Gasteiger partial charge on any atom is -0.453 e. The van der Waals surface area contributed by atoms with Gasteiger partial charge in [-0.3, -0.25) is 4.79 Å². The van der Waals surface area contributed by atoms with Crippen LogP contribution in [0.3, 0.4) is 0 Å². The van der Waals surface area contributed by atoms with Gasteiger partial charge in [-0.05, 0) is 36.4 Å². The van der Waals surface area contributed by atoms with Gasteiger partial charge in [-0.15, -0.1) is 0 Å². The molecule has 2 aromatic carbocycles. The van der Waals surface area contributed by atoms with E-state index in [4.69, 9.17) is 4.74 Å². The lowest BCUT2D eigenvalue weighted by molar-refractivity contribution is -0.118. The maximum Gasteiger partial charge on any atom is 0.339 e. The van der Waals surface area contributed by atoms with Crippen LogP contribution in [0, 0.1) is 0 Å². The molecule has 152 valence electrons. The molecule has 30 heavy (non-hydrogen) atoms. The second kappa shape index (κ2) is 7.91. The van der Waals surface area contributed by atoms with Crippen molar-refractivity contribution in [2.45, 2.75) is 17.4 Å². The number of benzene rings is 2. The Balaban J connectivity index is 1.40. The Bertz CT molecular complexity index is 1200. The Morgan fingerprint density at radius 2 is 1.70 bits per heavy atom. The number of cyclic esters (lactones) is 1. The minimum absolute atomic E-state index is 0.00778. The Kier molecular flexibility index (Phi) is 5.15. The predicted octanol–water partition coefficient (Wildman–Crippen LogP) is 2.52. The van der Waals surface area contributed by atoms with E-state index in [1.165, 1.54) is 36.7 Å². The van der Waals surface area contributed by atoms with Crippen LogP contribution in [0.5, 0.6) is 0 Å². The van der Waals surface area contributed by atoms with Crippen molar-refractivity contribution in [1.29, 1.82) is 0 Å². The monoisotopic (exact) mass is 424 g/mol. The van der Waals surface area contributed by atoms with E-state index in [0.29, 0.717) is 16.8 Å². The summed E-state index contributed by atoms with van der Waals surface area (Å²) in [4.78, 5) is 31.8. The Hall–Kier alpha value is -3.79. The third kappa shape index (κ3) is 4.13. The number of carbonyl (C=O) groups is 2. The van der Waals surface area contributed by atoms with Crippen LogP contribution in [0.2, 0.25) is 0 Å². The average molecular weight is 424 g/mol. The number of nitrogens with zero attached hydrogens (tertiary/aromatic N) is 2. The summed E-state index contributed by atoms with van der Waals surface area (Å²) in [6.45, 7) is 0.